The van der Waals surface area contributed by atoms with E-state index in [2.05, 4.69) is 27.7 Å². The second-order valence-corrected chi connectivity index (χ2v) is 4.79. The van der Waals surface area contributed by atoms with Crippen LogP contribution in [0.3, 0.4) is 0 Å². The molecule has 0 rings (SSSR count). The first-order chi connectivity index (χ1) is 7.07. The Hall–Kier alpha value is -0.370. The summed E-state index contributed by atoms with van der Waals surface area (Å²) in [4.78, 5) is 10.1. The van der Waals surface area contributed by atoms with Gasteiger partial charge in [0.15, 0.2) is 0 Å². The molecule has 90 valence electrons. The Labute approximate surface area is 94.4 Å². The van der Waals surface area contributed by atoms with E-state index in [1.807, 2.05) is 0 Å². The summed E-state index contributed by atoms with van der Waals surface area (Å²) in [7, 11) is 0. The first-order valence-electron chi connectivity index (χ1n) is 6.13. The lowest BCUT2D eigenvalue weighted by atomic mass is 9.92. The van der Waals surface area contributed by atoms with E-state index in [1.165, 1.54) is 6.42 Å². The van der Waals surface area contributed by atoms with Crippen LogP contribution in [0.4, 0.5) is 0 Å². The van der Waals surface area contributed by atoms with Crippen molar-refractivity contribution in [3.63, 3.8) is 0 Å². The topological polar surface area (TPSA) is 26.3 Å². The number of carbonyl (C=O) groups excluding carboxylic acids is 1. The molecule has 0 aliphatic carbocycles. The molecule has 0 amide bonds. The molecule has 0 aromatic heterocycles. The summed E-state index contributed by atoms with van der Waals surface area (Å²) >= 11 is 0. The number of carbonyl (C=O) groups is 1. The molecule has 2 heteroatoms. The highest BCUT2D eigenvalue weighted by atomic mass is 16.5. The van der Waals surface area contributed by atoms with Crippen LogP contribution >= 0.6 is 0 Å². The smallest absolute Gasteiger partial charge is 0.120 e. The third-order valence-electron chi connectivity index (χ3n) is 3.04. The first-order valence-corrected chi connectivity index (χ1v) is 6.13. The lowest BCUT2D eigenvalue weighted by Crippen LogP contribution is -2.13. The molecule has 0 heterocycles. The predicted octanol–water partition coefficient (Wildman–Crippen LogP) is 3.44. The van der Waals surface area contributed by atoms with Crippen molar-refractivity contribution in [3.8, 4) is 0 Å². The maximum Gasteiger partial charge on any atom is 0.120 e. The number of ether oxygens (including phenoxy) is 1. The molecule has 0 aliphatic rings. The van der Waals surface area contributed by atoms with E-state index in [0.717, 1.165) is 37.6 Å². The zero-order valence-electron chi connectivity index (χ0n) is 10.7. The van der Waals surface area contributed by atoms with E-state index in [-0.39, 0.29) is 0 Å². The Kier molecular flexibility index (Phi) is 8.68. The minimum Gasteiger partial charge on any atom is -0.378 e. The van der Waals surface area contributed by atoms with Crippen LogP contribution in [0.5, 0.6) is 0 Å². The summed E-state index contributed by atoms with van der Waals surface area (Å²) in [6, 6.07) is 0. The molecular weight excluding hydrogens is 188 g/mol. The van der Waals surface area contributed by atoms with Gasteiger partial charge in [0.25, 0.3) is 0 Å². The van der Waals surface area contributed by atoms with Gasteiger partial charge < -0.3 is 9.53 Å². The number of hydrogen-bond donors (Lipinski definition) is 0. The lowest BCUT2D eigenvalue weighted by molar-refractivity contribution is -0.108. The van der Waals surface area contributed by atoms with Crippen LogP contribution in [-0.4, -0.2) is 19.0 Å². The van der Waals surface area contributed by atoms with Gasteiger partial charge in [-0.25, -0.2) is 0 Å². The van der Waals surface area contributed by atoms with E-state index >= 15 is 0 Å². The van der Waals surface area contributed by atoms with E-state index in [4.69, 9.17) is 4.74 Å². The Morgan fingerprint density at radius 1 is 1.13 bits per heavy atom. The molecule has 2 atom stereocenters. The van der Waals surface area contributed by atoms with Gasteiger partial charge in [0, 0.05) is 13.0 Å². The summed E-state index contributed by atoms with van der Waals surface area (Å²) in [6.45, 7) is 9.66. The fourth-order valence-corrected chi connectivity index (χ4v) is 1.37. The Morgan fingerprint density at radius 2 is 1.80 bits per heavy atom. The van der Waals surface area contributed by atoms with Gasteiger partial charge in [0.2, 0.25) is 0 Å². The van der Waals surface area contributed by atoms with E-state index < -0.39 is 0 Å². The largest absolute Gasteiger partial charge is 0.378 e. The van der Waals surface area contributed by atoms with Crippen LogP contribution in [0, 0.1) is 11.8 Å². The molecule has 0 bridgehead atoms. The minimum absolute atomic E-state index is 0.331. The fourth-order valence-electron chi connectivity index (χ4n) is 1.37. The summed E-state index contributed by atoms with van der Waals surface area (Å²) in [5.74, 6) is 1.53. The van der Waals surface area contributed by atoms with Crippen molar-refractivity contribution in [2.24, 2.45) is 11.8 Å². The number of aldehydes is 1. The molecule has 0 saturated heterocycles. The highest BCUT2D eigenvalue weighted by Crippen LogP contribution is 2.17. The third-order valence-corrected chi connectivity index (χ3v) is 3.04. The van der Waals surface area contributed by atoms with Gasteiger partial charge in [-0.1, -0.05) is 20.8 Å². The first kappa shape index (κ1) is 14.6. The van der Waals surface area contributed by atoms with E-state index in [0.29, 0.717) is 12.5 Å². The molecule has 15 heavy (non-hydrogen) atoms. The van der Waals surface area contributed by atoms with Crippen molar-refractivity contribution >= 4 is 6.29 Å². The normalized spacial score (nSPS) is 15.3. The quantitative estimate of drug-likeness (QED) is 0.434. The highest BCUT2D eigenvalue weighted by molar-refractivity contribution is 5.48. The van der Waals surface area contributed by atoms with Gasteiger partial charge in [-0.3, -0.25) is 0 Å². The molecular formula is C13H26O2. The van der Waals surface area contributed by atoms with Crippen molar-refractivity contribution < 1.29 is 9.53 Å². The maximum absolute atomic E-state index is 10.1. The fraction of sp³-hybridized carbons (Fsp3) is 0.923. The van der Waals surface area contributed by atoms with E-state index in [9.17, 15) is 4.79 Å². The average Bonchev–Trinajstić information content (AvgIpc) is 2.20. The lowest BCUT2D eigenvalue weighted by Gasteiger charge is -2.18. The van der Waals surface area contributed by atoms with Crippen LogP contribution < -0.4 is 0 Å². The predicted molar refractivity (Wildman–Crippen MR) is 63.9 cm³/mol. The number of unbranched alkanes of at least 4 members (excludes halogenated alkanes) is 1. The maximum atomic E-state index is 10.1. The van der Waals surface area contributed by atoms with E-state index in [1.54, 1.807) is 0 Å². The summed E-state index contributed by atoms with van der Waals surface area (Å²) < 4.78 is 5.62. The van der Waals surface area contributed by atoms with Gasteiger partial charge in [-0.2, -0.15) is 0 Å². The molecule has 0 aromatic carbocycles. The van der Waals surface area contributed by atoms with Gasteiger partial charge in [0.05, 0.1) is 6.10 Å². The molecule has 0 radical (unpaired) electrons. The highest BCUT2D eigenvalue weighted by Gasteiger charge is 2.09. The molecule has 2 nitrogen and oxygen atoms in total. The third kappa shape index (κ3) is 8.61. The van der Waals surface area contributed by atoms with Gasteiger partial charge in [-0.15, -0.1) is 0 Å². The SMILES string of the molecule is CC(CCC(C)C(C)C)OCCCC=O. The average molecular weight is 214 g/mol. The van der Waals surface area contributed by atoms with Crippen LogP contribution in [0.1, 0.15) is 53.4 Å². The standard InChI is InChI=1S/C13H26O2/c1-11(2)12(3)7-8-13(4)15-10-6-5-9-14/h9,11-13H,5-8,10H2,1-4H3. The molecule has 0 fully saturated rings. The van der Waals surface area contributed by atoms with Crippen molar-refractivity contribution in [1.29, 1.82) is 0 Å². The zero-order valence-corrected chi connectivity index (χ0v) is 10.7. The monoisotopic (exact) mass is 214 g/mol. The van der Waals surface area contributed by atoms with Crippen molar-refractivity contribution in [3.05, 3.63) is 0 Å². The molecule has 0 aromatic rings. The second-order valence-electron chi connectivity index (χ2n) is 4.79. The Bertz CT molecular complexity index is 155. The zero-order chi connectivity index (χ0) is 11.7. The minimum atomic E-state index is 0.331. The van der Waals surface area contributed by atoms with Crippen molar-refractivity contribution in [2.45, 2.75) is 59.5 Å². The summed E-state index contributed by atoms with van der Waals surface area (Å²) in [5.41, 5.74) is 0. The molecule has 0 spiro atoms. The molecule has 2 unspecified atom stereocenters. The van der Waals surface area contributed by atoms with Gasteiger partial charge in [0.1, 0.15) is 6.29 Å². The number of hydrogen-bond acceptors (Lipinski definition) is 2. The molecule has 0 aliphatic heterocycles. The number of rotatable bonds is 9. The van der Waals surface area contributed by atoms with Crippen molar-refractivity contribution in [2.75, 3.05) is 6.61 Å². The Balaban J connectivity index is 3.40. The van der Waals surface area contributed by atoms with Crippen LogP contribution in [-0.2, 0) is 9.53 Å². The van der Waals surface area contributed by atoms with Gasteiger partial charge >= 0.3 is 0 Å². The van der Waals surface area contributed by atoms with Crippen LogP contribution in [0.25, 0.3) is 0 Å². The Morgan fingerprint density at radius 3 is 2.33 bits per heavy atom. The molecule has 0 N–H and O–H groups in total. The molecule has 0 saturated carbocycles. The van der Waals surface area contributed by atoms with Gasteiger partial charge in [-0.05, 0) is 38.0 Å². The van der Waals surface area contributed by atoms with Crippen molar-refractivity contribution in [1.82, 2.24) is 0 Å². The summed E-state index contributed by atoms with van der Waals surface area (Å²) in [5, 5.41) is 0. The second kappa shape index (κ2) is 8.90. The summed E-state index contributed by atoms with van der Waals surface area (Å²) in [6.07, 6.45) is 5.11. The van der Waals surface area contributed by atoms with Crippen LogP contribution in [0.15, 0.2) is 0 Å². The van der Waals surface area contributed by atoms with Crippen LogP contribution in [0.2, 0.25) is 0 Å².